The lowest BCUT2D eigenvalue weighted by Crippen LogP contribution is -2.31. The van der Waals surface area contributed by atoms with Crippen molar-refractivity contribution in [2.75, 3.05) is 0 Å². The Balaban J connectivity index is 1.38. The first-order chi connectivity index (χ1) is 20.1. The highest BCUT2D eigenvalue weighted by Gasteiger charge is 2.38. The van der Waals surface area contributed by atoms with Gasteiger partial charge in [0.25, 0.3) is 0 Å². The number of nitriles is 1. The molecule has 0 bridgehead atoms. The molecule has 1 saturated carbocycles. The molecular formula is C36H53N3O2. The number of rotatable bonds is 19. The fourth-order valence-corrected chi connectivity index (χ4v) is 6.03. The van der Waals surface area contributed by atoms with Crippen molar-refractivity contribution in [3.8, 4) is 23.2 Å². The van der Waals surface area contributed by atoms with Crippen molar-refractivity contribution in [1.29, 1.82) is 5.26 Å². The van der Waals surface area contributed by atoms with Gasteiger partial charge in [0, 0.05) is 18.0 Å². The molecule has 1 aliphatic rings. The highest BCUT2D eigenvalue weighted by atomic mass is 16.5. The zero-order valence-electron chi connectivity index (χ0n) is 25.8. The van der Waals surface area contributed by atoms with Gasteiger partial charge >= 0.3 is 5.97 Å². The molecule has 2 aromatic rings. The summed E-state index contributed by atoms with van der Waals surface area (Å²) >= 11 is 0. The minimum absolute atomic E-state index is 0.127. The minimum atomic E-state index is -0.257. The monoisotopic (exact) mass is 559 g/mol. The van der Waals surface area contributed by atoms with Crippen LogP contribution in [0.25, 0.3) is 11.4 Å². The number of carbonyl (C=O) groups is 1. The van der Waals surface area contributed by atoms with Crippen LogP contribution in [0, 0.1) is 22.7 Å². The summed E-state index contributed by atoms with van der Waals surface area (Å²) in [6.45, 7) is 4.49. The van der Waals surface area contributed by atoms with Gasteiger partial charge in [-0.15, -0.1) is 0 Å². The van der Waals surface area contributed by atoms with Crippen LogP contribution in [0.2, 0.25) is 0 Å². The van der Waals surface area contributed by atoms with Gasteiger partial charge in [0.2, 0.25) is 0 Å². The number of benzene rings is 1. The Hall–Kier alpha value is -2.74. The molecular weight excluding hydrogens is 506 g/mol. The number of carbonyl (C=O) groups excluding carboxylic acids is 1. The molecule has 1 aromatic carbocycles. The predicted octanol–water partition coefficient (Wildman–Crippen LogP) is 10.2. The summed E-state index contributed by atoms with van der Waals surface area (Å²) in [5.74, 6) is 0.936. The summed E-state index contributed by atoms with van der Waals surface area (Å²) < 4.78 is 5.73. The van der Waals surface area contributed by atoms with Gasteiger partial charge in [-0.2, -0.15) is 5.26 Å². The van der Waals surface area contributed by atoms with Crippen molar-refractivity contribution in [3.63, 3.8) is 0 Å². The minimum Gasteiger partial charge on any atom is -0.426 e. The number of nitrogens with zero attached hydrogens (tertiary/aromatic N) is 3. The third-order valence-corrected chi connectivity index (χ3v) is 8.88. The van der Waals surface area contributed by atoms with E-state index in [0.717, 1.165) is 50.5 Å². The molecule has 1 aromatic heterocycles. The second kappa shape index (κ2) is 18.6. The maximum absolute atomic E-state index is 12.9. The van der Waals surface area contributed by atoms with E-state index in [1.54, 1.807) is 0 Å². The molecule has 0 aliphatic heterocycles. The number of aromatic nitrogens is 2. The molecule has 5 nitrogen and oxygen atoms in total. The Bertz CT molecular complexity index is 1030. The van der Waals surface area contributed by atoms with Crippen molar-refractivity contribution < 1.29 is 9.53 Å². The van der Waals surface area contributed by atoms with Gasteiger partial charge in [-0.1, -0.05) is 97.3 Å². The fourth-order valence-electron chi connectivity index (χ4n) is 6.03. The van der Waals surface area contributed by atoms with E-state index >= 15 is 0 Å². The van der Waals surface area contributed by atoms with Crippen molar-refractivity contribution in [2.24, 2.45) is 11.3 Å². The molecule has 1 fully saturated rings. The van der Waals surface area contributed by atoms with Crippen LogP contribution in [0.5, 0.6) is 5.75 Å². The van der Waals surface area contributed by atoms with Gasteiger partial charge < -0.3 is 4.74 Å². The average molecular weight is 560 g/mol. The number of unbranched alkanes of at least 4 members (excludes halogenated alkanes) is 12. The van der Waals surface area contributed by atoms with Crippen LogP contribution in [0.4, 0.5) is 0 Å². The van der Waals surface area contributed by atoms with Gasteiger partial charge in [-0.05, 0) is 74.8 Å². The molecule has 0 saturated heterocycles. The number of ether oxygens (including phenoxy) is 1. The quantitative estimate of drug-likeness (QED) is 0.0972. The van der Waals surface area contributed by atoms with Crippen LogP contribution in [0.1, 0.15) is 141 Å². The van der Waals surface area contributed by atoms with Crippen molar-refractivity contribution in [2.45, 2.75) is 142 Å². The third kappa shape index (κ3) is 11.6. The average Bonchev–Trinajstić information content (AvgIpc) is 3.01. The Morgan fingerprint density at radius 3 is 1.93 bits per heavy atom. The van der Waals surface area contributed by atoms with E-state index in [9.17, 15) is 10.1 Å². The van der Waals surface area contributed by atoms with E-state index < -0.39 is 0 Å². The first kappa shape index (κ1) is 32.8. The second-order valence-corrected chi connectivity index (χ2v) is 12.3. The van der Waals surface area contributed by atoms with E-state index in [1.807, 2.05) is 36.7 Å². The molecule has 5 heteroatoms. The van der Waals surface area contributed by atoms with E-state index in [2.05, 4.69) is 29.9 Å². The summed E-state index contributed by atoms with van der Waals surface area (Å²) in [5.41, 5.74) is 1.84. The van der Waals surface area contributed by atoms with Crippen LogP contribution < -0.4 is 4.74 Å². The zero-order chi connectivity index (χ0) is 29.2. The fraction of sp³-hybridized carbons (Fsp3) is 0.667. The van der Waals surface area contributed by atoms with E-state index in [0.29, 0.717) is 11.6 Å². The first-order valence-electron chi connectivity index (χ1n) is 16.6. The Kier molecular flexibility index (Phi) is 14.9. The topological polar surface area (TPSA) is 75.9 Å². The van der Waals surface area contributed by atoms with Crippen LogP contribution in [-0.2, 0) is 11.2 Å². The summed E-state index contributed by atoms with van der Waals surface area (Å²) in [7, 11) is 0. The summed E-state index contributed by atoms with van der Waals surface area (Å²) in [4.78, 5) is 22.0. The van der Waals surface area contributed by atoms with Crippen molar-refractivity contribution >= 4 is 5.97 Å². The van der Waals surface area contributed by atoms with Crippen LogP contribution >= 0.6 is 0 Å². The van der Waals surface area contributed by atoms with Gasteiger partial charge in [0.1, 0.15) is 5.75 Å². The molecule has 224 valence electrons. The Labute approximate surface area is 249 Å². The van der Waals surface area contributed by atoms with Crippen LogP contribution in [0.15, 0.2) is 36.7 Å². The smallest absolute Gasteiger partial charge is 0.314 e. The summed E-state index contributed by atoms with van der Waals surface area (Å²) in [5, 5.41) is 9.89. The Morgan fingerprint density at radius 2 is 1.37 bits per heavy atom. The standard InChI is InChI=1S/C36H53N3O2/c1-3-5-7-9-11-12-13-15-17-30-27-38-34(39-28-30)31-18-20-33(21-19-31)41-35(40)32-22-25-36(29-37,26-23-32)24-16-14-10-8-6-4-2/h18-21,27-28,32H,3-17,22-26H2,1-2H3. The molecule has 0 radical (unpaired) electrons. The lowest BCUT2D eigenvalue weighted by atomic mass is 9.69. The lowest BCUT2D eigenvalue weighted by Gasteiger charge is -2.34. The van der Waals surface area contributed by atoms with Gasteiger partial charge in [0.15, 0.2) is 5.82 Å². The summed E-state index contributed by atoms with van der Waals surface area (Å²) in [6.07, 6.45) is 26.9. The predicted molar refractivity (Wildman–Crippen MR) is 167 cm³/mol. The van der Waals surface area contributed by atoms with Gasteiger partial charge in [-0.3, -0.25) is 4.79 Å². The molecule has 0 atom stereocenters. The van der Waals surface area contributed by atoms with Crippen LogP contribution in [-0.4, -0.2) is 15.9 Å². The molecule has 0 unspecified atom stereocenters. The molecule has 3 rings (SSSR count). The maximum atomic E-state index is 12.9. The molecule has 0 N–H and O–H groups in total. The van der Waals surface area contributed by atoms with Crippen LogP contribution in [0.3, 0.4) is 0 Å². The second-order valence-electron chi connectivity index (χ2n) is 12.3. The number of hydrogen-bond acceptors (Lipinski definition) is 5. The zero-order valence-corrected chi connectivity index (χ0v) is 25.8. The van der Waals surface area contributed by atoms with E-state index in [1.165, 1.54) is 89.0 Å². The first-order valence-corrected chi connectivity index (χ1v) is 16.6. The number of aryl methyl sites for hydroxylation is 1. The molecule has 1 aliphatic carbocycles. The lowest BCUT2D eigenvalue weighted by molar-refractivity contribution is -0.140. The molecule has 1 heterocycles. The molecule has 0 spiro atoms. The van der Waals surface area contributed by atoms with E-state index in [-0.39, 0.29) is 17.3 Å². The normalized spacial score (nSPS) is 18.6. The molecule has 41 heavy (non-hydrogen) atoms. The highest BCUT2D eigenvalue weighted by Crippen LogP contribution is 2.43. The van der Waals surface area contributed by atoms with Gasteiger partial charge in [0.05, 0.1) is 17.4 Å². The van der Waals surface area contributed by atoms with Crippen molar-refractivity contribution in [1.82, 2.24) is 9.97 Å². The SMILES string of the molecule is CCCCCCCCCCc1cnc(-c2ccc(OC(=O)C3CCC(C#N)(CCCCCCCC)CC3)cc2)nc1. The third-order valence-electron chi connectivity index (χ3n) is 8.88. The number of esters is 1. The Morgan fingerprint density at radius 1 is 0.829 bits per heavy atom. The maximum Gasteiger partial charge on any atom is 0.314 e. The highest BCUT2D eigenvalue weighted by molar-refractivity contribution is 5.75. The van der Waals surface area contributed by atoms with Gasteiger partial charge in [-0.25, -0.2) is 9.97 Å². The van der Waals surface area contributed by atoms with Crippen molar-refractivity contribution in [3.05, 3.63) is 42.2 Å². The largest absolute Gasteiger partial charge is 0.426 e. The number of hydrogen-bond donors (Lipinski definition) is 0. The van der Waals surface area contributed by atoms with E-state index in [4.69, 9.17) is 4.74 Å². The molecule has 0 amide bonds. The summed E-state index contributed by atoms with van der Waals surface area (Å²) in [6, 6.07) is 10.1.